The standard InChI is InChI=1S/C19H29FN2.C11H19N.C2H4/c1-15-6-7-17(19(20)13-15)14-21-11-8-18(9-12-21)22-10-4-3-5-16(22)2;1-6-11(12-7-2)8-10(5)9(3)4;1-2/h6-7,13,16,18H,3-5,8-12,14H2,1-2H3;6,8,12H,3,7H2,1-2,4-5H3;1-2H2/b;10-8-,11-6+;. The maximum absolute atomic E-state index is 14.0. The molecular formula is C32H52FN3. The summed E-state index contributed by atoms with van der Waals surface area (Å²) in [6, 6.07) is 7.11. The minimum absolute atomic E-state index is 0.0493. The lowest BCUT2D eigenvalue weighted by Gasteiger charge is -2.43. The predicted molar refractivity (Wildman–Crippen MR) is 157 cm³/mol. The number of hydrogen-bond acceptors (Lipinski definition) is 3. The molecule has 1 aromatic rings. The molecule has 0 saturated carbocycles. The summed E-state index contributed by atoms with van der Waals surface area (Å²) in [6.07, 6.45) is 10.8. The molecule has 2 saturated heterocycles. The largest absolute Gasteiger partial charge is 0.386 e. The van der Waals surface area contributed by atoms with E-state index in [1.165, 1.54) is 44.2 Å². The number of nitrogens with zero attached hydrogens (tertiary/aromatic N) is 2. The molecule has 2 aliphatic rings. The number of piperidine rings is 2. The van der Waals surface area contributed by atoms with E-state index in [2.05, 4.69) is 67.8 Å². The van der Waals surface area contributed by atoms with Crippen LogP contribution in [0.3, 0.4) is 0 Å². The van der Waals surface area contributed by atoms with Crippen LogP contribution in [-0.2, 0) is 6.54 Å². The van der Waals surface area contributed by atoms with Gasteiger partial charge in [-0.3, -0.25) is 9.80 Å². The van der Waals surface area contributed by atoms with Gasteiger partial charge in [-0.15, -0.1) is 13.2 Å². The van der Waals surface area contributed by atoms with E-state index in [9.17, 15) is 4.39 Å². The fourth-order valence-electron chi connectivity index (χ4n) is 4.89. The molecule has 1 atom stereocenters. The first-order valence-corrected chi connectivity index (χ1v) is 13.7. The summed E-state index contributed by atoms with van der Waals surface area (Å²) in [7, 11) is 0. The molecule has 2 heterocycles. The summed E-state index contributed by atoms with van der Waals surface area (Å²) in [5.41, 5.74) is 5.35. The number of hydrogen-bond donors (Lipinski definition) is 1. The molecule has 0 aliphatic carbocycles. The Kier molecular flexibility index (Phi) is 15.3. The van der Waals surface area contributed by atoms with Crippen molar-refractivity contribution >= 4 is 0 Å². The Balaban J connectivity index is 0.000000396. The number of rotatable bonds is 7. The van der Waals surface area contributed by atoms with Crippen LogP contribution in [0.2, 0.25) is 0 Å². The van der Waals surface area contributed by atoms with E-state index < -0.39 is 0 Å². The molecule has 1 aromatic carbocycles. The van der Waals surface area contributed by atoms with Gasteiger partial charge in [-0.05, 0) is 110 Å². The Bertz CT molecular complexity index is 849. The number of likely N-dealkylation sites (N-methyl/N-ethyl adjacent to an activating group) is 1. The summed E-state index contributed by atoms with van der Waals surface area (Å²) >= 11 is 0. The van der Waals surface area contributed by atoms with Gasteiger partial charge in [0.15, 0.2) is 0 Å². The van der Waals surface area contributed by atoms with Crippen LogP contribution in [0, 0.1) is 12.7 Å². The monoisotopic (exact) mass is 497 g/mol. The third kappa shape index (κ3) is 10.8. The first-order chi connectivity index (χ1) is 17.2. The van der Waals surface area contributed by atoms with Crippen molar-refractivity contribution in [2.24, 2.45) is 0 Å². The maximum Gasteiger partial charge on any atom is 0.127 e. The highest BCUT2D eigenvalue weighted by atomic mass is 19.1. The third-order valence-electron chi connectivity index (χ3n) is 7.22. The van der Waals surface area contributed by atoms with Gasteiger partial charge < -0.3 is 5.32 Å². The van der Waals surface area contributed by atoms with Crippen LogP contribution in [0.15, 0.2) is 66.9 Å². The summed E-state index contributed by atoms with van der Waals surface area (Å²) in [4.78, 5) is 5.15. The van der Waals surface area contributed by atoms with Gasteiger partial charge in [0, 0.05) is 36.4 Å². The Morgan fingerprint density at radius 3 is 2.31 bits per heavy atom. The summed E-state index contributed by atoms with van der Waals surface area (Å²) in [6.45, 7) is 27.6. The van der Waals surface area contributed by atoms with Crippen LogP contribution in [0.5, 0.6) is 0 Å². The van der Waals surface area contributed by atoms with Crippen LogP contribution in [0.1, 0.15) is 77.8 Å². The van der Waals surface area contributed by atoms with Crippen LogP contribution in [-0.4, -0.2) is 48.1 Å². The minimum Gasteiger partial charge on any atom is -0.386 e. The van der Waals surface area contributed by atoms with E-state index >= 15 is 0 Å². The van der Waals surface area contributed by atoms with Gasteiger partial charge in [-0.2, -0.15) is 0 Å². The van der Waals surface area contributed by atoms with Gasteiger partial charge in [-0.1, -0.05) is 36.8 Å². The van der Waals surface area contributed by atoms with Crippen molar-refractivity contribution in [1.82, 2.24) is 15.1 Å². The molecule has 0 amide bonds. The number of nitrogens with one attached hydrogen (secondary N) is 1. The third-order valence-corrected chi connectivity index (χ3v) is 7.22. The molecule has 1 unspecified atom stereocenters. The highest BCUT2D eigenvalue weighted by molar-refractivity contribution is 5.31. The Labute approximate surface area is 221 Å². The Hall–Kier alpha value is -2.17. The van der Waals surface area contributed by atoms with Crippen LogP contribution in [0.4, 0.5) is 4.39 Å². The van der Waals surface area contributed by atoms with Crippen LogP contribution < -0.4 is 5.32 Å². The van der Waals surface area contributed by atoms with Gasteiger partial charge in [0.1, 0.15) is 5.82 Å². The SMILES string of the molecule is C=C.C=C(C)/C(C)=C\C(=C/C)NCC.Cc1ccc(CN2CCC(N3CCCCC3C)CC2)c(F)c1. The van der Waals surface area contributed by atoms with Crippen LogP contribution >= 0.6 is 0 Å². The van der Waals surface area contributed by atoms with E-state index in [-0.39, 0.29) is 5.82 Å². The quantitative estimate of drug-likeness (QED) is 0.306. The van der Waals surface area contributed by atoms with Crippen LogP contribution in [0.25, 0.3) is 0 Å². The molecule has 3 nitrogen and oxygen atoms in total. The molecule has 2 fully saturated rings. The van der Waals surface area contributed by atoms with Crippen molar-refractivity contribution < 1.29 is 4.39 Å². The summed E-state index contributed by atoms with van der Waals surface area (Å²) < 4.78 is 14.0. The number of allylic oxidation sites excluding steroid dienone is 4. The van der Waals surface area contributed by atoms with Crippen molar-refractivity contribution in [3.63, 3.8) is 0 Å². The zero-order valence-electron chi connectivity index (χ0n) is 24.0. The van der Waals surface area contributed by atoms with Crippen molar-refractivity contribution in [2.75, 3.05) is 26.2 Å². The molecule has 202 valence electrons. The lowest BCUT2D eigenvalue weighted by molar-refractivity contribution is 0.0553. The van der Waals surface area contributed by atoms with Gasteiger partial charge in [-0.25, -0.2) is 4.39 Å². The first-order valence-electron chi connectivity index (χ1n) is 13.7. The van der Waals surface area contributed by atoms with E-state index in [0.717, 1.165) is 60.7 Å². The Morgan fingerprint density at radius 1 is 1.11 bits per heavy atom. The van der Waals surface area contributed by atoms with Crippen molar-refractivity contribution in [3.05, 3.63) is 83.9 Å². The van der Waals surface area contributed by atoms with Crippen molar-refractivity contribution in [2.45, 2.75) is 92.3 Å². The summed E-state index contributed by atoms with van der Waals surface area (Å²) in [5.74, 6) is -0.0493. The highest BCUT2D eigenvalue weighted by Crippen LogP contribution is 2.26. The van der Waals surface area contributed by atoms with Crippen molar-refractivity contribution in [3.8, 4) is 0 Å². The van der Waals surface area contributed by atoms with Gasteiger partial charge in [0.2, 0.25) is 0 Å². The molecule has 36 heavy (non-hydrogen) atoms. The smallest absolute Gasteiger partial charge is 0.127 e. The molecule has 0 spiro atoms. The molecule has 0 radical (unpaired) electrons. The predicted octanol–water partition coefficient (Wildman–Crippen LogP) is 7.80. The molecule has 3 rings (SSSR count). The molecule has 1 N–H and O–H groups in total. The number of aryl methyl sites for hydroxylation is 1. The highest BCUT2D eigenvalue weighted by Gasteiger charge is 2.29. The number of halogens is 1. The lowest BCUT2D eigenvalue weighted by atomic mass is 9.95. The average Bonchev–Trinajstić information content (AvgIpc) is 2.88. The lowest BCUT2D eigenvalue weighted by Crippen LogP contribution is -2.49. The fraction of sp³-hybridized carbons (Fsp3) is 0.562. The molecule has 0 aromatic heterocycles. The fourth-order valence-corrected chi connectivity index (χ4v) is 4.89. The number of likely N-dealkylation sites (tertiary alicyclic amines) is 2. The second-order valence-electron chi connectivity index (χ2n) is 10.1. The first kappa shape index (κ1) is 31.9. The van der Waals surface area contributed by atoms with E-state index in [4.69, 9.17) is 0 Å². The molecule has 0 bridgehead atoms. The second kappa shape index (κ2) is 17.3. The van der Waals surface area contributed by atoms with Gasteiger partial charge in [0.05, 0.1) is 0 Å². The van der Waals surface area contributed by atoms with E-state index in [0.29, 0.717) is 0 Å². The van der Waals surface area contributed by atoms with Crippen molar-refractivity contribution in [1.29, 1.82) is 0 Å². The average molecular weight is 498 g/mol. The second-order valence-corrected chi connectivity index (χ2v) is 10.1. The zero-order chi connectivity index (χ0) is 27.1. The summed E-state index contributed by atoms with van der Waals surface area (Å²) in [5, 5.41) is 3.26. The molecular weight excluding hydrogens is 445 g/mol. The Morgan fingerprint density at radius 2 is 1.78 bits per heavy atom. The van der Waals surface area contributed by atoms with Gasteiger partial charge >= 0.3 is 0 Å². The minimum atomic E-state index is -0.0493. The maximum atomic E-state index is 14.0. The number of benzene rings is 1. The zero-order valence-corrected chi connectivity index (χ0v) is 24.0. The topological polar surface area (TPSA) is 18.5 Å². The van der Waals surface area contributed by atoms with E-state index in [1.807, 2.05) is 32.9 Å². The van der Waals surface area contributed by atoms with Gasteiger partial charge in [0.25, 0.3) is 0 Å². The van der Waals surface area contributed by atoms with E-state index in [1.54, 1.807) is 6.07 Å². The normalized spacial score (nSPS) is 20.0. The molecule has 2 aliphatic heterocycles. The molecule has 4 heteroatoms.